The SMILES string of the molecule is O=C(OC1CN(C(=O)c2ccc(NS(=O)O)cc2)C1)c1ccccn1. The molecule has 1 saturated heterocycles. The van der Waals surface area contributed by atoms with Gasteiger partial charge in [0, 0.05) is 17.4 Å². The van der Waals surface area contributed by atoms with Gasteiger partial charge in [-0.3, -0.25) is 14.1 Å². The van der Waals surface area contributed by atoms with Crippen LogP contribution in [-0.2, 0) is 16.0 Å². The molecule has 1 aliphatic heterocycles. The Labute approximate surface area is 146 Å². The third-order valence-corrected chi connectivity index (χ3v) is 4.03. The van der Waals surface area contributed by atoms with Crippen molar-refractivity contribution < 1.29 is 23.1 Å². The van der Waals surface area contributed by atoms with Crippen molar-refractivity contribution in [1.29, 1.82) is 0 Å². The van der Waals surface area contributed by atoms with Crippen LogP contribution in [0.4, 0.5) is 5.69 Å². The smallest absolute Gasteiger partial charge is 0.357 e. The summed E-state index contributed by atoms with van der Waals surface area (Å²) in [5.74, 6) is -0.702. The van der Waals surface area contributed by atoms with E-state index >= 15 is 0 Å². The van der Waals surface area contributed by atoms with Gasteiger partial charge in [-0.1, -0.05) is 6.07 Å². The van der Waals surface area contributed by atoms with Gasteiger partial charge in [-0.05, 0) is 36.4 Å². The van der Waals surface area contributed by atoms with Crippen LogP contribution in [0.25, 0.3) is 0 Å². The molecule has 8 nitrogen and oxygen atoms in total. The van der Waals surface area contributed by atoms with Gasteiger partial charge < -0.3 is 9.64 Å². The van der Waals surface area contributed by atoms with E-state index < -0.39 is 17.2 Å². The lowest BCUT2D eigenvalue weighted by Crippen LogP contribution is -2.55. The first-order valence-electron chi connectivity index (χ1n) is 7.42. The van der Waals surface area contributed by atoms with E-state index in [2.05, 4.69) is 9.71 Å². The molecule has 1 aromatic carbocycles. The van der Waals surface area contributed by atoms with Gasteiger partial charge in [0.25, 0.3) is 17.2 Å². The number of benzene rings is 1. The van der Waals surface area contributed by atoms with Gasteiger partial charge in [-0.25, -0.2) is 14.0 Å². The highest BCUT2D eigenvalue weighted by atomic mass is 32.2. The van der Waals surface area contributed by atoms with Gasteiger partial charge >= 0.3 is 5.97 Å². The summed E-state index contributed by atoms with van der Waals surface area (Å²) in [5, 5.41) is 0. The molecule has 1 fully saturated rings. The highest BCUT2D eigenvalue weighted by Gasteiger charge is 2.34. The van der Waals surface area contributed by atoms with Gasteiger partial charge in [0.05, 0.1) is 13.1 Å². The van der Waals surface area contributed by atoms with Gasteiger partial charge in [0.1, 0.15) is 11.8 Å². The molecule has 3 rings (SSSR count). The van der Waals surface area contributed by atoms with Crippen molar-refractivity contribution in [1.82, 2.24) is 9.88 Å². The monoisotopic (exact) mass is 361 g/mol. The van der Waals surface area contributed by atoms with Crippen LogP contribution in [-0.4, -0.2) is 49.7 Å². The average Bonchev–Trinajstić information content (AvgIpc) is 2.58. The van der Waals surface area contributed by atoms with Gasteiger partial charge in [-0.15, -0.1) is 0 Å². The lowest BCUT2D eigenvalue weighted by Gasteiger charge is -2.38. The fourth-order valence-electron chi connectivity index (χ4n) is 2.34. The number of carbonyl (C=O) groups is 2. The number of anilines is 1. The molecule has 0 bridgehead atoms. The second-order valence-electron chi connectivity index (χ2n) is 5.38. The molecule has 1 aliphatic rings. The van der Waals surface area contributed by atoms with Crippen LogP contribution >= 0.6 is 0 Å². The zero-order valence-corrected chi connectivity index (χ0v) is 13.8. The van der Waals surface area contributed by atoms with E-state index in [1.807, 2.05) is 0 Å². The third kappa shape index (κ3) is 4.20. The predicted molar refractivity (Wildman–Crippen MR) is 90.2 cm³/mol. The van der Waals surface area contributed by atoms with Crippen molar-refractivity contribution in [2.45, 2.75) is 6.10 Å². The summed E-state index contributed by atoms with van der Waals surface area (Å²) in [4.78, 5) is 29.7. The summed E-state index contributed by atoms with van der Waals surface area (Å²) in [7, 11) is 0. The largest absolute Gasteiger partial charge is 0.454 e. The number of esters is 1. The zero-order valence-electron chi connectivity index (χ0n) is 13.0. The van der Waals surface area contributed by atoms with Crippen LogP contribution in [0, 0.1) is 0 Å². The first-order chi connectivity index (χ1) is 12.0. The number of nitrogens with one attached hydrogen (secondary N) is 1. The number of likely N-dealkylation sites (tertiary alicyclic amines) is 1. The molecule has 130 valence electrons. The minimum Gasteiger partial charge on any atom is -0.454 e. The molecular weight excluding hydrogens is 346 g/mol. The number of rotatable bonds is 5. The summed E-state index contributed by atoms with van der Waals surface area (Å²) in [5.41, 5.74) is 1.11. The van der Waals surface area contributed by atoms with Crippen molar-refractivity contribution in [3.8, 4) is 0 Å². The van der Waals surface area contributed by atoms with E-state index in [4.69, 9.17) is 9.29 Å². The Kier molecular flexibility index (Phi) is 5.05. The van der Waals surface area contributed by atoms with Gasteiger partial charge in [0.15, 0.2) is 0 Å². The highest BCUT2D eigenvalue weighted by molar-refractivity contribution is 7.80. The highest BCUT2D eigenvalue weighted by Crippen LogP contribution is 2.18. The summed E-state index contributed by atoms with van der Waals surface area (Å²) in [6.07, 6.45) is 1.16. The first-order valence-corrected chi connectivity index (χ1v) is 8.52. The fourth-order valence-corrected chi connectivity index (χ4v) is 2.68. The quantitative estimate of drug-likeness (QED) is 0.614. The number of amides is 1. The van der Waals surface area contributed by atoms with Crippen LogP contribution in [0.15, 0.2) is 48.7 Å². The van der Waals surface area contributed by atoms with E-state index in [-0.39, 0.29) is 17.7 Å². The number of hydrogen-bond donors (Lipinski definition) is 2. The lowest BCUT2D eigenvalue weighted by atomic mass is 10.1. The maximum atomic E-state index is 12.3. The maximum absolute atomic E-state index is 12.3. The molecule has 2 heterocycles. The van der Waals surface area contributed by atoms with Crippen molar-refractivity contribution in [2.24, 2.45) is 0 Å². The molecule has 0 spiro atoms. The number of carbonyl (C=O) groups excluding carboxylic acids is 2. The minimum atomic E-state index is -2.16. The molecule has 1 amide bonds. The summed E-state index contributed by atoms with van der Waals surface area (Å²) >= 11 is -2.16. The van der Waals surface area contributed by atoms with Crippen LogP contribution in [0.2, 0.25) is 0 Å². The van der Waals surface area contributed by atoms with E-state index in [1.165, 1.54) is 6.20 Å². The Hall–Kier alpha value is -2.78. The molecule has 0 radical (unpaired) electrons. The molecule has 0 aliphatic carbocycles. The maximum Gasteiger partial charge on any atom is 0.357 e. The number of pyridine rings is 1. The molecule has 2 aromatic rings. The lowest BCUT2D eigenvalue weighted by molar-refractivity contribution is -0.0238. The zero-order chi connectivity index (χ0) is 17.8. The normalized spacial score (nSPS) is 15.2. The molecule has 1 unspecified atom stereocenters. The number of aromatic nitrogens is 1. The molecule has 9 heteroatoms. The summed E-state index contributed by atoms with van der Waals surface area (Å²) < 4.78 is 27.0. The van der Waals surface area contributed by atoms with Crippen LogP contribution < -0.4 is 4.72 Å². The Balaban J connectivity index is 1.51. The number of nitrogens with zero attached hydrogens (tertiary/aromatic N) is 2. The summed E-state index contributed by atoms with van der Waals surface area (Å²) in [6, 6.07) is 11.2. The Bertz CT molecular complexity index is 791. The first kappa shape index (κ1) is 17.1. The second-order valence-corrected chi connectivity index (χ2v) is 6.08. The Morgan fingerprint density at radius 2 is 1.92 bits per heavy atom. The van der Waals surface area contributed by atoms with E-state index in [9.17, 15) is 13.8 Å². The molecular formula is C16H15N3O5S. The topological polar surface area (TPSA) is 109 Å². The van der Waals surface area contributed by atoms with Gasteiger partial charge in [0.2, 0.25) is 0 Å². The Morgan fingerprint density at radius 3 is 2.52 bits per heavy atom. The fraction of sp³-hybridized carbons (Fsp3) is 0.188. The molecule has 1 atom stereocenters. The van der Waals surface area contributed by atoms with Gasteiger partial charge in [-0.2, -0.15) is 0 Å². The van der Waals surface area contributed by atoms with Crippen LogP contribution in [0.3, 0.4) is 0 Å². The molecule has 0 saturated carbocycles. The second kappa shape index (κ2) is 7.41. The van der Waals surface area contributed by atoms with Crippen molar-refractivity contribution in [3.05, 3.63) is 59.9 Å². The van der Waals surface area contributed by atoms with Crippen molar-refractivity contribution in [3.63, 3.8) is 0 Å². The third-order valence-electron chi connectivity index (χ3n) is 3.62. The predicted octanol–water partition coefficient (Wildman–Crippen LogP) is 1.31. The molecule has 2 N–H and O–H groups in total. The van der Waals surface area contributed by atoms with E-state index in [0.29, 0.717) is 24.3 Å². The minimum absolute atomic E-state index is 0.193. The van der Waals surface area contributed by atoms with E-state index in [1.54, 1.807) is 47.4 Å². The van der Waals surface area contributed by atoms with Crippen LogP contribution in [0.5, 0.6) is 0 Å². The molecule has 1 aromatic heterocycles. The summed E-state index contributed by atoms with van der Waals surface area (Å²) in [6.45, 7) is 0.635. The average molecular weight is 361 g/mol. The van der Waals surface area contributed by atoms with Crippen LogP contribution in [0.1, 0.15) is 20.8 Å². The Morgan fingerprint density at radius 1 is 1.20 bits per heavy atom. The van der Waals surface area contributed by atoms with Crippen molar-refractivity contribution in [2.75, 3.05) is 17.8 Å². The standard InChI is InChI=1S/C16H15N3O5S/c20-15(11-4-6-12(7-5-11)18-25(22)23)19-9-13(10-19)24-16(21)14-3-1-2-8-17-14/h1-8,13,18H,9-10H2,(H,22,23). The molecule has 25 heavy (non-hydrogen) atoms. The van der Waals surface area contributed by atoms with E-state index in [0.717, 1.165) is 0 Å². The number of ether oxygens (including phenoxy) is 1. The van der Waals surface area contributed by atoms with Crippen molar-refractivity contribution >= 4 is 28.8 Å². The number of hydrogen-bond acceptors (Lipinski definition) is 5.